The van der Waals surface area contributed by atoms with Crippen molar-refractivity contribution in [2.24, 2.45) is 5.92 Å². The molecule has 1 heterocycles. The van der Waals surface area contributed by atoms with Crippen LogP contribution < -0.4 is 4.74 Å². The summed E-state index contributed by atoms with van der Waals surface area (Å²) < 4.78 is 5.85. The lowest BCUT2D eigenvalue weighted by molar-refractivity contribution is 0.0561. The molecule has 0 aliphatic carbocycles. The molecule has 1 aliphatic rings. The molecule has 0 amide bonds. The molecule has 0 radical (unpaired) electrons. The number of ether oxygens (including phenoxy) is 1. The Morgan fingerprint density at radius 2 is 1.91 bits per heavy atom. The van der Waals surface area contributed by atoms with Gasteiger partial charge in [0.15, 0.2) is 0 Å². The van der Waals surface area contributed by atoms with E-state index < -0.39 is 6.10 Å². The Morgan fingerprint density at radius 1 is 1.26 bits per heavy atom. The maximum atomic E-state index is 10.2. The first-order chi connectivity index (χ1) is 10.8. The normalized spacial score (nSPS) is 18.9. The second-order valence-electron chi connectivity index (χ2n) is 8.18. The van der Waals surface area contributed by atoms with E-state index in [1.807, 2.05) is 6.07 Å². The fraction of sp³-hybridized carbons (Fsp3) is 0.700. The summed E-state index contributed by atoms with van der Waals surface area (Å²) in [6.45, 7) is 14.3. The van der Waals surface area contributed by atoms with Gasteiger partial charge >= 0.3 is 0 Å². The third-order valence-electron chi connectivity index (χ3n) is 4.82. The average molecular weight is 319 g/mol. The first-order valence-electron chi connectivity index (χ1n) is 8.90. The zero-order chi connectivity index (χ0) is 17.0. The van der Waals surface area contributed by atoms with Crippen molar-refractivity contribution in [2.45, 2.75) is 59.0 Å². The lowest BCUT2D eigenvalue weighted by Gasteiger charge is -2.31. The van der Waals surface area contributed by atoms with Crippen LogP contribution in [-0.2, 0) is 5.41 Å². The van der Waals surface area contributed by atoms with Crippen LogP contribution in [0.1, 0.15) is 51.7 Å². The van der Waals surface area contributed by atoms with Crippen LogP contribution in [0.3, 0.4) is 0 Å². The van der Waals surface area contributed by atoms with E-state index in [0.29, 0.717) is 13.2 Å². The Hall–Kier alpha value is -1.06. The van der Waals surface area contributed by atoms with Crippen LogP contribution >= 0.6 is 0 Å². The van der Waals surface area contributed by atoms with Crippen LogP contribution in [0.4, 0.5) is 0 Å². The molecular formula is C20H33NO2. The first-order valence-corrected chi connectivity index (χ1v) is 8.90. The third-order valence-corrected chi connectivity index (χ3v) is 4.82. The molecule has 3 heteroatoms. The van der Waals surface area contributed by atoms with Gasteiger partial charge in [-0.25, -0.2) is 0 Å². The maximum Gasteiger partial charge on any atom is 0.122 e. The molecule has 0 aromatic heterocycles. The van der Waals surface area contributed by atoms with Crippen molar-refractivity contribution in [3.8, 4) is 5.75 Å². The van der Waals surface area contributed by atoms with Crippen LogP contribution in [0.5, 0.6) is 5.75 Å². The van der Waals surface area contributed by atoms with Gasteiger partial charge in [0.1, 0.15) is 18.5 Å². The van der Waals surface area contributed by atoms with E-state index >= 15 is 0 Å². The van der Waals surface area contributed by atoms with Gasteiger partial charge in [-0.2, -0.15) is 0 Å². The van der Waals surface area contributed by atoms with E-state index in [-0.39, 0.29) is 5.41 Å². The quantitative estimate of drug-likeness (QED) is 0.897. The number of aliphatic hydroxyl groups excluding tert-OH is 1. The number of hydrogen-bond acceptors (Lipinski definition) is 3. The van der Waals surface area contributed by atoms with Crippen molar-refractivity contribution in [3.05, 3.63) is 29.3 Å². The van der Waals surface area contributed by atoms with E-state index in [0.717, 1.165) is 30.3 Å². The van der Waals surface area contributed by atoms with E-state index in [1.165, 1.54) is 18.4 Å². The van der Waals surface area contributed by atoms with Crippen molar-refractivity contribution < 1.29 is 9.84 Å². The molecule has 0 saturated carbocycles. The maximum absolute atomic E-state index is 10.2. The summed E-state index contributed by atoms with van der Waals surface area (Å²) in [6.07, 6.45) is 2.05. The number of aryl methyl sites for hydroxylation is 1. The fourth-order valence-corrected chi connectivity index (χ4v) is 3.06. The molecular weight excluding hydrogens is 286 g/mol. The van der Waals surface area contributed by atoms with Gasteiger partial charge in [-0.1, -0.05) is 39.8 Å². The summed E-state index contributed by atoms with van der Waals surface area (Å²) in [5.41, 5.74) is 2.59. The van der Waals surface area contributed by atoms with Gasteiger partial charge in [-0.15, -0.1) is 0 Å². The largest absolute Gasteiger partial charge is 0.491 e. The van der Waals surface area contributed by atoms with Crippen LogP contribution in [0.25, 0.3) is 0 Å². The number of piperidine rings is 1. The van der Waals surface area contributed by atoms with Crippen LogP contribution in [0.2, 0.25) is 0 Å². The van der Waals surface area contributed by atoms with E-state index in [4.69, 9.17) is 4.74 Å². The van der Waals surface area contributed by atoms with Crippen LogP contribution in [-0.4, -0.2) is 42.4 Å². The van der Waals surface area contributed by atoms with Gasteiger partial charge in [0, 0.05) is 6.54 Å². The van der Waals surface area contributed by atoms with E-state index in [1.54, 1.807) is 0 Å². The molecule has 0 spiro atoms. The number of likely N-dealkylation sites (tertiary alicyclic amines) is 1. The van der Waals surface area contributed by atoms with E-state index in [2.05, 4.69) is 51.7 Å². The van der Waals surface area contributed by atoms with E-state index in [9.17, 15) is 5.11 Å². The van der Waals surface area contributed by atoms with Gasteiger partial charge in [-0.3, -0.25) is 0 Å². The average Bonchev–Trinajstić information content (AvgIpc) is 2.47. The van der Waals surface area contributed by atoms with Gasteiger partial charge in [0.05, 0.1) is 0 Å². The third kappa shape index (κ3) is 5.50. The van der Waals surface area contributed by atoms with Crippen molar-refractivity contribution in [1.82, 2.24) is 4.90 Å². The Kier molecular flexibility index (Phi) is 6.10. The smallest absolute Gasteiger partial charge is 0.122 e. The minimum atomic E-state index is -0.426. The minimum Gasteiger partial charge on any atom is -0.491 e. The second-order valence-corrected chi connectivity index (χ2v) is 8.18. The number of benzene rings is 1. The predicted octanol–water partition coefficient (Wildman–Crippen LogP) is 3.76. The Morgan fingerprint density at radius 3 is 2.48 bits per heavy atom. The van der Waals surface area contributed by atoms with Gasteiger partial charge < -0.3 is 14.7 Å². The molecule has 0 bridgehead atoms. The van der Waals surface area contributed by atoms with Crippen LogP contribution in [0.15, 0.2) is 18.2 Å². The zero-order valence-electron chi connectivity index (χ0n) is 15.4. The molecule has 23 heavy (non-hydrogen) atoms. The summed E-state index contributed by atoms with van der Waals surface area (Å²) in [5, 5.41) is 10.2. The predicted molar refractivity (Wildman–Crippen MR) is 96.2 cm³/mol. The standard InChI is InChI=1S/C20H33NO2/c1-15-8-10-21(11-9-15)13-18(22)14-23-19-7-6-17(12-16(19)2)20(3,4)5/h6-7,12,15,18,22H,8-11,13-14H2,1-5H3/t18-/m1/s1. The monoisotopic (exact) mass is 319 g/mol. The van der Waals surface area contributed by atoms with Crippen molar-refractivity contribution in [2.75, 3.05) is 26.2 Å². The SMILES string of the molecule is Cc1cc(C(C)(C)C)ccc1OC[C@H](O)CN1CCC(C)CC1. The van der Waals surface area contributed by atoms with Crippen molar-refractivity contribution in [3.63, 3.8) is 0 Å². The highest BCUT2D eigenvalue weighted by molar-refractivity contribution is 5.38. The second kappa shape index (κ2) is 7.67. The summed E-state index contributed by atoms with van der Waals surface area (Å²) in [5.74, 6) is 1.70. The number of rotatable bonds is 5. The number of β-amino-alcohol motifs (C(OH)–C–C–N with tert-alkyl or cyclic N) is 1. The molecule has 1 aliphatic heterocycles. The first kappa shape index (κ1) is 18.3. The lowest BCUT2D eigenvalue weighted by Crippen LogP contribution is -2.40. The molecule has 2 rings (SSSR count). The molecule has 1 saturated heterocycles. The molecule has 1 aromatic rings. The summed E-state index contributed by atoms with van der Waals surface area (Å²) in [7, 11) is 0. The highest BCUT2D eigenvalue weighted by atomic mass is 16.5. The fourth-order valence-electron chi connectivity index (χ4n) is 3.06. The number of nitrogens with zero attached hydrogens (tertiary/aromatic N) is 1. The molecule has 130 valence electrons. The molecule has 3 nitrogen and oxygen atoms in total. The Labute approximate surface area is 141 Å². The van der Waals surface area contributed by atoms with Crippen molar-refractivity contribution >= 4 is 0 Å². The Bertz CT molecular complexity index is 499. The van der Waals surface area contributed by atoms with Crippen molar-refractivity contribution in [1.29, 1.82) is 0 Å². The topological polar surface area (TPSA) is 32.7 Å². The highest BCUT2D eigenvalue weighted by Crippen LogP contribution is 2.27. The van der Waals surface area contributed by atoms with Gasteiger partial charge in [0.2, 0.25) is 0 Å². The van der Waals surface area contributed by atoms with Gasteiger partial charge in [0.25, 0.3) is 0 Å². The molecule has 0 unspecified atom stereocenters. The minimum absolute atomic E-state index is 0.147. The molecule has 1 N–H and O–H groups in total. The zero-order valence-corrected chi connectivity index (χ0v) is 15.4. The van der Waals surface area contributed by atoms with Gasteiger partial charge in [-0.05, 0) is 61.4 Å². The van der Waals surface area contributed by atoms with Crippen LogP contribution in [0, 0.1) is 12.8 Å². The number of aliphatic hydroxyl groups is 1. The number of hydrogen-bond donors (Lipinski definition) is 1. The molecule has 1 aromatic carbocycles. The highest BCUT2D eigenvalue weighted by Gasteiger charge is 2.19. The Balaban J connectivity index is 1.83. The summed E-state index contributed by atoms with van der Waals surface area (Å²) in [4.78, 5) is 2.35. The molecule has 1 atom stereocenters. The lowest BCUT2D eigenvalue weighted by atomic mass is 9.86. The summed E-state index contributed by atoms with van der Waals surface area (Å²) >= 11 is 0. The molecule has 1 fully saturated rings. The summed E-state index contributed by atoms with van der Waals surface area (Å²) in [6, 6.07) is 6.35.